The van der Waals surface area contributed by atoms with Crippen molar-refractivity contribution in [3.8, 4) is 0 Å². The topological polar surface area (TPSA) is 83.0 Å². The molecular weight excluding hydrogens is 335 g/mol. The van der Waals surface area contributed by atoms with Gasteiger partial charge in [-0.1, -0.05) is 23.7 Å². The fraction of sp³-hybridized carbons (Fsp3) is 0. The SMILES string of the molecule is O=C(O)c1ccc2c(=O)[nH]c(/C(Cl)=C/c3cccc(F)c3)nc2c1. The van der Waals surface area contributed by atoms with E-state index < -0.39 is 17.3 Å². The largest absolute Gasteiger partial charge is 0.478 e. The van der Waals surface area contributed by atoms with Crippen LogP contribution in [0.5, 0.6) is 0 Å². The molecule has 0 aliphatic rings. The van der Waals surface area contributed by atoms with Crippen molar-refractivity contribution in [2.45, 2.75) is 0 Å². The lowest BCUT2D eigenvalue weighted by molar-refractivity contribution is 0.0697. The van der Waals surface area contributed by atoms with Crippen molar-refractivity contribution in [1.29, 1.82) is 0 Å². The van der Waals surface area contributed by atoms with Crippen LogP contribution in [0.25, 0.3) is 22.0 Å². The number of benzene rings is 2. The number of aromatic amines is 1. The molecule has 0 radical (unpaired) electrons. The summed E-state index contributed by atoms with van der Waals surface area (Å²) in [6, 6.07) is 9.76. The minimum absolute atomic E-state index is 0.0109. The Bertz CT molecular complexity index is 1040. The first kappa shape index (κ1) is 15.9. The van der Waals surface area contributed by atoms with Gasteiger partial charge in [-0.05, 0) is 42.0 Å². The lowest BCUT2D eigenvalue weighted by Gasteiger charge is -2.03. The van der Waals surface area contributed by atoms with Gasteiger partial charge in [-0.3, -0.25) is 4.79 Å². The van der Waals surface area contributed by atoms with Gasteiger partial charge in [0.15, 0.2) is 5.82 Å². The highest BCUT2D eigenvalue weighted by molar-refractivity contribution is 6.50. The van der Waals surface area contributed by atoms with Crippen LogP contribution in [0.15, 0.2) is 47.3 Å². The summed E-state index contributed by atoms with van der Waals surface area (Å²) < 4.78 is 13.2. The summed E-state index contributed by atoms with van der Waals surface area (Å²) in [5, 5.41) is 9.37. The van der Waals surface area contributed by atoms with Gasteiger partial charge in [0.05, 0.1) is 21.5 Å². The number of aromatic nitrogens is 2. The number of halogens is 2. The summed E-state index contributed by atoms with van der Waals surface area (Å²) in [7, 11) is 0. The molecule has 0 aliphatic carbocycles. The monoisotopic (exact) mass is 344 g/mol. The Hall–Kier alpha value is -2.99. The molecule has 0 bridgehead atoms. The standard InChI is InChI=1S/C17H10ClFN2O3/c18-13(7-9-2-1-3-11(19)6-9)15-20-14-8-10(17(23)24)4-5-12(14)16(22)21-15/h1-8H,(H,23,24)(H,20,21,22)/b13-7-. The molecule has 0 unspecified atom stereocenters. The third-order valence-corrected chi connectivity index (χ3v) is 3.61. The normalized spacial score (nSPS) is 11.7. The molecule has 2 aromatic carbocycles. The predicted octanol–water partition coefficient (Wildman–Crippen LogP) is 3.50. The molecule has 3 aromatic rings. The molecule has 0 fully saturated rings. The van der Waals surface area contributed by atoms with Gasteiger partial charge in [0, 0.05) is 0 Å². The molecule has 0 amide bonds. The summed E-state index contributed by atoms with van der Waals surface area (Å²) in [4.78, 5) is 29.8. The summed E-state index contributed by atoms with van der Waals surface area (Å²) in [6.07, 6.45) is 1.45. The molecule has 3 rings (SSSR count). The van der Waals surface area contributed by atoms with E-state index in [1.807, 2.05) is 0 Å². The third-order valence-electron chi connectivity index (χ3n) is 3.32. The molecule has 120 valence electrons. The van der Waals surface area contributed by atoms with Crippen molar-refractivity contribution < 1.29 is 14.3 Å². The summed E-state index contributed by atoms with van der Waals surface area (Å²) in [6.45, 7) is 0. The molecule has 0 aliphatic heterocycles. The van der Waals surface area contributed by atoms with E-state index in [0.717, 1.165) is 0 Å². The number of fused-ring (bicyclic) bond motifs is 1. The van der Waals surface area contributed by atoms with Gasteiger partial charge in [-0.25, -0.2) is 14.2 Å². The molecular formula is C17H10ClFN2O3. The summed E-state index contributed by atoms with van der Waals surface area (Å²) >= 11 is 6.16. The zero-order chi connectivity index (χ0) is 17.3. The van der Waals surface area contributed by atoms with Crippen molar-refractivity contribution in [2.75, 3.05) is 0 Å². The quantitative estimate of drug-likeness (QED) is 0.761. The number of hydrogen-bond donors (Lipinski definition) is 2. The number of carboxylic acids is 1. The zero-order valence-electron chi connectivity index (χ0n) is 12.1. The smallest absolute Gasteiger partial charge is 0.335 e. The fourth-order valence-electron chi connectivity index (χ4n) is 2.20. The maximum absolute atomic E-state index is 13.2. The molecule has 0 atom stereocenters. The third kappa shape index (κ3) is 3.18. The van der Waals surface area contributed by atoms with Crippen LogP contribution in [0.4, 0.5) is 4.39 Å². The number of H-pyrrole nitrogens is 1. The van der Waals surface area contributed by atoms with Crippen LogP contribution in [0.2, 0.25) is 0 Å². The highest BCUT2D eigenvalue weighted by atomic mass is 35.5. The summed E-state index contributed by atoms with van der Waals surface area (Å²) in [5.41, 5.74) is 0.274. The first-order valence-corrected chi connectivity index (χ1v) is 7.22. The molecule has 0 saturated carbocycles. The Labute approximate surface area is 140 Å². The van der Waals surface area contributed by atoms with Gasteiger partial charge < -0.3 is 10.1 Å². The summed E-state index contributed by atoms with van der Waals surface area (Å²) in [5.74, 6) is -1.47. The van der Waals surface area contributed by atoms with Crippen LogP contribution in [-0.4, -0.2) is 21.0 Å². The number of nitrogens with one attached hydrogen (secondary N) is 1. The molecule has 1 aromatic heterocycles. The molecule has 0 spiro atoms. The zero-order valence-corrected chi connectivity index (χ0v) is 12.8. The maximum Gasteiger partial charge on any atom is 0.335 e. The molecule has 5 nitrogen and oxygen atoms in total. The van der Waals surface area contributed by atoms with E-state index in [1.165, 1.54) is 42.5 Å². The Balaban J connectivity index is 2.12. The van der Waals surface area contributed by atoms with Gasteiger partial charge >= 0.3 is 5.97 Å². The second-order valence-electron chi connectivity index (χ2n) is 5.00. The van der Waals surface area contributed by atoms with Crippen molar-refractivity contribution in [3.05, 3.63) is 75.6 Å². The number of carbonyl (C=O) groups is 1. The lowest BCUT2D eigenvalue weighted by atomic mass is 10.1. The molecule has 2 N–H and O–H groups in total. The van der Waals surface area contributed by atoms with E-state index >= 15 is 0 Å². The average Bonchev–Trinajstić information content (AvgIpc) is 2.54. The Morgan fingerprint density at radius 3 is 2.75 bits per heavy atom. The highest BCUT2D eigenvalue weighted by Crippen LogP contribution is 2.20. The van der Waals surface area contributed by atoms with Crippen molar-refractivity contribution >= 4 is 39.6 Å². The van der Waals surface area contributed by atoms with E-state index in [0.29, 0.717) is 5.56 Å². The van der Waals surface area contributed by atoms with Crippen LogP contribution < -0.4 is 5.56 Å². The Kier molecular flexibility index (Phi) is 4.14. The molecule has 7 heteroatoms. The van der Waals surface area contributed by atoms with Crippen molar-refractivity contribution in [1.82, 2.24) is 9.97 Å². The number of carboxylic acid groups (broad SMARTS) is 1. The van der Waals surface area contributed by atoms with E-state index in [-0.39, 0.29) is 27.3 Å². The first-order valence-electron chi connectivity index (χ1n) is 6.84. The van der Waals surface area contributed by atoms with Gasteiger partial charge in [0.25, 0.3) is 5.56 Å². The minimum atomic E-state index is -1.12. The first-order chi connectivity index (χ1) is 11.4. The van der Waals surface area contributed by atoms with Crippen LogP contribution in [0.1, 0.15) is 21.7 Å². The van der Waals surface area contributed by atoms with E-state index in [1.54, 1.807) is 6.07 Å². The van der Waals surface area contributed by atoms with Gasteiger partial charge in [0.1, 0.15) is 5.82 Å². The van der Waals surface area contributed by atoms with Crippen molar-refractivity contribution in [3.63, 3.8) is 0 Å². The van der Waals surface area contributed by atoms with E-state index in [2.05, 4.69) is 9.97 Å². The highest BCUT2D eigenvalue weighted by Gasteiger charge is 2.10. The second-order valence-corrected chi connectivity index (χ2v) is 5.41. The number of hydrogen-bond acceptors (Lipinski definition) is 3. The van der Waals surface area contributed by atoms with Crippen LogP contribution in [-0.2, 0) is 0 Å². The Morgan fingerprint density at radius 2 is 2.04 bits per heavy atom. The number of aromatic carboxylic acids is 1. The van der Waals surface area contributed by atoms with Gasteiger partial charge in [-0.2, -0.15) is 0 Å². The number of rotatable bonds is 3. The van der Waals surface area contributed by atoms with Crippen LogP contribution in [0, 0.1) is 5.82 Å². The van der Waals surface area contributed by atoms with E-state index in [9.17, 15) is 14.0 Å². The fourth-order valence-corrected chi connectivity index (χ4v) is 2.41. The van der Waals surface area contributed by atoms with E-state index in [4.69, 9.17) is 16.7 Å². The minimum Gasteiger partial charge on any atom is -0.478 e. The second kappa shape index (κ2) is 6.25. The average molecular weight is 345 g/mol. The Morgan fingerprint density at radius 1 is 1.25 bits per heavy atom. The van der Waals surface area contributed by atoms with Crippen LogP contribution >= 0.6 is 11.6 Å². The predicted molar refractivity (Wildman–Crippen MR) is 89.4 cm³/mol. The van der Waals surface area contributed by atoms with Crippen molar-refractivity contribution in [2.24, 2.45) is 0 Å². The van der Waals surface area contributed by atoms with Gasteiger partial charge in [0.2, 0.25) is 0 Å². The molecule has 0 saturated heterocycles. The number of nitrogens with zero attached hydrogens (tertiary/aromatic N) is 1. The van der Waals surface area contributed by atoms with Crippen LogP contribution in [0.3, 0.4) is 0 Å². The maximum atomic E-state index is 13.2. The molecule has 24 heavy (non-hydrogen) atoms. The lowest BCUT2D eigenvalue weighted by Crippen LogP contribution is -2.11. The van der Waals surface area contributed by atoms with Gasteiger partial charge in [-0.15, -0.1) is 0 Å². The molecule has 1 heterocycles.